The molecular weight excluding hydrogens is 186 g/mol. The number of carboxylic acid groups (broad SMARTS) is 1. The Bertz CT molecular complexity index is 240. The molecule has 0 saturated heterocycles. The first kappa shape index (κ1) is 12.9. The van der Waals surface area contributed by atoms with Crippen LogP contribution in [0.5, 0.6) is 0 Å². The molecule has 1 N–H and O–H groups in total. The van der Waals surface area contributed by atoms with Crippen molar-refractivity contribution in [2.24, 2.45) is 0 Å². The summed E-state index contributed by atoms with van der Waals surface area (Å²) < 4.78 is 4.76. The second kappa shape index (κ2) is 3.96. The molecule has 0 aliphatic rings. The largest absolute Gasteiger partial charge is 0.516 e. The highest BCUT2D eigenvalue weighted by Gasteiger charge is 2.34. The zero-order valence-corrected chi connectivity index (χ0v) is 9.33. The topological polar surface area (TPSA) is 63.6 Å². The Balaban J connectivity index is 4.44. The van der Waals surface area contributed by atoms with Gasteiger partial charge in [-0.05, 0) is 20.8 Å². The second-order valence-electron chi connectivity index (χ2n) is 4.72. The average molecular weight is 204 g/mol. The SMILES string of the molecule is CC(C)(C)OC(=O)[N+](C)(C)CC(=O)O. The van der Waals surface area contributed by atoms with Gasteiger partial charge in [0.2, 0.25) is 0 Å². The number of quaternary nitrogens is 1. The van der Waals surface area contributed by atoms with Gasteiger partial charge in [-0.1, -0.05) is 0 Å². The number of carboxylic acids is 1. The van der Waals surface area contributed by atoms with E-state index in [2.05, 4.69) is 0 Å². The second-order valence-corrected chi connectivity index (χ2v) is 4.72. The molecule has 0 bridgehead atoms. The van der Waals surface area contributed by atoms with Crippen LogP contribution in [-0.2, 0) is 9.53 Å². The third-order valence-corrected chi connectivity index (χ3v) is 1.42. The van der Waals surface area contributed by atoms with Crippen molar-refractivity contribution in [1.82, 2.24) is 0 Å². The number of nitrogens with zero attached hydrogens (tertiary/aromatic N) is 1. The highest BCUT2D eigenvalue weighted by Crippen LogP contribution is 2.12. The van der Waals surface area contributed by atoms with Crippen LogP contribution in [-0.4, -0.2) is 47.9 Å². The Morgan fingerprint density at radius 2 is 1.71 bits per heavy atom. The lowest BCUT2D eigenvalue weighted by Crippen LogP contribution is -2.51. The molecule has 0 radical (unpaired) electrons. The molecule has 0 heterocycles. The highest BCUT2D eigenvalue weighted by atomic mass is 16.6. The molecule has 5 heteroatoms. The molecule has 0 unspecified atom stereocenters. The van der Waals surface area contributed by atoms with Gasteiger partial charge in [-0.3, -0.25) is 0 Å². The molecule has 0 rings (SSSR count). The minimum atomic E-state index is -1.03. The van der Waals surface area contributed by atoms with Gasteiger partial charge in [-0.15, -0.1) is 0 Å². The summed E-state index contributed by atoms with van der Waals surface area (Å²) in [5, 5.41) is 8.57. The summed E-state index contributed by atoms with van der Waals surface area (Å²) in [5.74, 6) is -1.03. The van der Waals surface area contributed by atoms with E-state index in [1.165, 1.54) is 14.1 Å². The monoisotopic (exact) mass is 204 g/mol. The third-order valence-electron chi connectivity index (χ3n) is 1.42. The van der Waals surface area contributed by atoms with E-state index in [-0.39, 0.29) is 11.0 Å². The number of hydrogen-bond acceptors (Lipinski definition) is 3. The van der Waals surface area contributed by atoms with Crippen molar-refractivity contribution in [2.45, 2.75) is 26.4 Å². The van der Waals surface area contributed by atoms with Crippen LogP contribution in [0.15, 0.2) is 0 Å². The summed E-state index contributed by atoms with van der Waals surface area (Å²) in [7, 11) is 3.00. The van der Waals surface area contributed by atoms with Crippen LogP contribution in [0, 0.1) is 0 Å². The van der Waals surface area contributed by atoms with Crippen molar-refractivity contribution in [2.75, 3.05) is 20.6 Å². The Morgan fingerprint density at radius 3 is 2.00 bits per heavy atom. The van der Waals surface area contributed by atoms with Crippen LogP contribution >= 0.6 is 0 Å². The Kier molecular flexibility index (Phi) is 3.65. The average Bonchev–Trinajstić information content (AvgIpc) is 1.79. The predicted octanol–water partition coefficient (Wildman–Crippen LogP) is 1.08. The van der Waals surface area contributed by atoms with E-state index in [4.69, 9.17) is 9.84 Å². The minimum absolute atomic E-state index is 0.283. The summed E-state index contributed by atoms with van der Waals surface area (Å²) >= 11 is 0. The maximum atomic E-state index is 11.5. The molecule has 0 aliphatic carbocycles. The quantitative estimate of drug-likeness (QED) is 0.684. The molecule has 1 amide bonds. The molecule has 0 atom stereocenters. The van der Waals surface area contributed by atoms with Gasteiger partial charge >= 0.3 is 12.1 Å². The van der Waals surface area contributed by atoms with Crippen LogP contribution in [0.1, 0.15) is 20.8 Å². The molecule has 0 spiro atoms. The van der Waals surface area contributed by atoms with Crippen molar-refractivity contribution in [3.8, 4) is 0 Å². The normalized spacial score (nSPS) is 12.4. The number of rotatable bonds is 2. The fraction of sp³-hybridized carbons (Fsp3) is 0.778. The standard InChI is InChI=1S/C9H17NO4/c1-9(2,3)14-8(13)10(4,5)6-7(11)12/h6H2,1-5H3/p+1. The fourth-order valence-corrected chi connectivity index (χ4v) is 0.788. The van der Waals surface area contributed by atoms with Gasteiger partial charge < -0.3 is 9.84 Å². The molecule has 0 aromatic carbocycles. The summed E-state index contributed by atoms with van der Waals surface area (Å²) in [6.07, 6.45) is -0.542. The van der Waals surface area contributed by atoms with E-state index in [1.807, 2.05) is 0 Å². The first-order chi connectivity index (χ1) is 6.04. The minimum Gasteiger partial charge on any atom is -0.477 e. The van der Waals surface area contributed by atoms with Crippen molar-refractivity contribution in [3.63, 3.8) is 0 Å². The van der Waals surface area contributed by atoms with Gasteiger partial charge in [0.25, 0.3) is 0 Å². The number of likely N-dealkylation sites (N-methyl/N-ethyl adjacent to an activating group) is 1. The first-order valence-corrected chi connectivity index (χ1v) is 4.33. The van der Waals surface area contributed by atoms with Crippen molar-refractivity contribution >= 4 is 12.1 Å². The van der Waals surface area contributed by atoms with Crippen LogP contribution in [0.4, 0.5) is 4.79 Å². The molecule has 0 aromatic heterocycles. The summed E-state index contributed by atoms with van der Waals surface area (Å²) in [6, 6.07) is 0. The van der Waals surface area contributed by atoms with E-state index in [9.17, 15) is 9.59 Å². The van der Waals surface area contributed by atoms with E-state index in [0.29, 0.717) is 0 Å². The summed E-state index contributed by atoms with van der Waals surface area (Å²) in [6.45, 7) is 4.94. The van der Waals surface area contributed by atoms with Crippen LogP contribution < -0.4 is 0 Å². The van der Waals surface area contributed by atoms with E-state index in [0.717, 1.165) is 0 Å². The molecule has 82 valence electrons. The zero-order valence-electron chi connectivity index (χ0n) is 9.33. The number of carbonyl (C=O) groups excluding carboxylic acids is 1. The van der Waals surface area contributed by atoms with Crippen molar-refractivity contribution < 1.29 is 23.9 Å². The zero-order chi connectivity index (χ0) is 11.6. The number of hydrogen-bond donors (Lipinski definition) is 1. The number of amides is 1. The molecule has 0 fully saturated rings. The number of carbonyl (C=O) groups is 2. The molecule has 14 heavy (non-hydrogen) atoms. The van der Waals surface area contributed by atoms with Crippen LogP contribution in [0.2, 0.25) is 0 Å². The van der Waals surface area contributed by atoms with Crippen molar-refractivity contribution in [1.29, 1.82) is 0 Å². The highest BCUT2D eigenvalue weighted by molar-refractivity contribution is 5.71. The predicted molar refractivity (Wildman–Crippen MR) is 50.8 cm³/mol. The van der Waals surface area contributed by atoms with Gasteiger partial charge in [-0.2, -0.15) is 4.79 Å². The van der Waals surface area contributed by atoms with Crippen LogP contribution in [0.3, 0.4) is 0 Å². The van der Waals surface area contributed by atoms with Gasteiger partial charge in [0, 0.05) is 0 Å². The fourth-order valence-electron chi connectivity index (χ4n) is 0.788. The van der Waals surface area contributed by atoms with Gasteiger partial charge in [-0.25, -0.2) is 9.28 Å². The number of ether oxygens (including phenoxy) is 1. The molecular formula is C9H18NO4+. The third kappa shape index (κ3) is 4.81. The lowest BCUT2D eigenvalue weighted by atomic mass is 10.2. The van der Waals surface area contributed by atoms with Crippen LogP contribution in [0.25, 0.3) is 0 Å². The van der Waals surface area contributed by atoms with Gasteiger partial charge in [0.15, 0.2) is 6.54 Å². The Labute approximate surface area is 83.9 Å². The molecule has 0 aromatic rings. The van der Waals surface area contributed by atoms with Crippen molar-refractivity contribution in [3.05, 3.63) is 0 Å². The molecule has 0 saturated carbocycles. The lowest BCUT2D eigenvalue weighted by molar-refractivity contribution is -0.810. The lowest BCUT2D eigenvalue weighted by Gasteiger charge is -2.27. The van der Waals surface area contributed by atoms with Gasteiger partial charge in [0.05, 0.1) is 14.1 Å². The Morgan fingerprint density at radius 1 is 1.29 bits per heavy atom. The smallest absolute Gasteiger partial charge is 0.477 e. The first-order valence-electron chi connectivity index (χ1n) is 4.33. The van der Waals surface area contributed by atoms with E-state index < -0.39 is 17.7 Å². The molecule has 0 aliphatic heterocycles. The number of aliphatic carboxylic acids is 1. The Hall–Kier alpha value is -1.10. The summed E-state index contributed by atoms with van der Waals surface area (Å²) in [5.41, 5.74) is -0.592. The maximum Gasteiger partial charge on any atom is 0.516 e. The molecule has 5 nitrogen and oxygen atoms in total. The maximum absolute atomic E-state index is 11.5. The summed E-state index contributed by atoms with van der Waals surface area (Å²) in [4.78, 5) is 22.0. The van der Waals surface area contributed by atoms with E-state index in [1.54, 1.807) is 20.8 Å². The van der Waals surface area contributed by atoms with E-state index >= 15 is 0 Å². The van der Waals surface area contributed by atoms with Gasteiger partial charge in [0.1, 0.15) is 5.60 Å².